The van der Waals surface area contributed by atoms with Crippen LogP contribution in [0.2, 0.25) is 5.02 Å². The molecular formula is C23H23ClNNaO5S. The van der Waals surface area contributed by atoms with Crippen molar-refractivity contribution < 1.29 is 54.4 Å². The van der Waals surface area contributed by atoms with E-state index in [-0.39, 0.29) is 46.3 Å². The van der Waals surface area contributed by atoms with Crippen LogP contribution in [0.5, 0.6) is 0 Å². The van der Waals surface area contributed by atoms with E-state index in [9.17, 15) is 18.3 Å². The summed E-state index contributed by atoms with van der Waals surface area (Å²) in [5.41, 5.74) is 1.58. The summed E-state index contributed by atoms with van der Waals surface area (Å²) >= 11 is 5.94. The van der Waals surface area contributed by atoms with Gasteiger partial charge in [-0.1, -0.05) is 35.9 Å². The van der Waals surface area contributed by atoms with Crippen molar-refractivity contribution in [1.29, 1.82) is 0 Å². The van der Waals surface area contributed by atoms with Crippen LogP contribution in [0.15, 0.2) is 82.6 Å². The third-order valence-corrected chi connectivity index (χ3v) is 6.78. The summed E-state index contributed by atoms with van der Waals surface area (Å²) < 4.78 is 25.7. The summed E-state index contributed by atoms with van der Waals surface area (Å²) in [6.45, 7) is 0.892. The van der Waals surface area contributed by atoms with Crippen LogP contribution in [0, 0.1) is 0 Å². The van der Waals surface area contributed by atoms with Gasteiger partial charge < -0.3 is 17.0 Å². The molecule has 32 heavy (non-hydrogen) atoms. The van der Waals surface area contributed by atoms with Gasteiger partial charge in [-0.25, -0.2) is 13.2 Å². The van der Waals surface area contributed by atoms with E-state index >= 15 is 0 Å². The second-order valence-corrected chi connectivity index (χ2v) is 9.39. The van der Waals surface area contributed by atoms with Gasteiger partial charge in [-0.2, -0.15) is 0 Å². The van der Waals surface area contributed by atoms with Crippen molar-refractivity contribution in [3.63, 3.8) is 0 Å². The Bertz CT molecular complexity index is 1180. The molecule has 0 aliphatic rings. The first-order chi connectivity index (χ1) is 14.8. The van der Waals surface area contributed by atoms with Crippen molar-refractivity contribution >= 4 is 27.4 Å². The van der Waals surface area contributed by atoms with Crippen LogP contribution in [0.25, 0.3) is 0 Å². The second kappa shape index (κ2) is 12.0. The van der Waals surface area contributed by atoms with Gasteiger partial charge in [-0.15, -0.1) is 0 Å². The minimum Gasteiger partial charge on any atom is -1.00 e. The Labute approximate surface area is 215 Å². The molecule has 0 aliphatic heterocycles. The molecule has 164 valence electrons. The van der Waals surface area contributed by atoms with Crippen LogP contribution >= 0.6 is 11.6 Å². The summed E-state index contributed by atoms with van der Waals surface area (Å²) in [4.78, 5) is 11.1. The molecule has 0 unspecified atom stereocenters. The van der Waals surface area contributed by atoms with Crippen molar-refractivity contribution in [2.24, 2.45) is 0 Å². The Kier molecular flexibility index (Phi) is 9.91. The number of aromatic carboxylic acids is 1. The molecule has 3 N–H and O–H groups in total. The summed E-state index contributed by atoms with van der Waals surface area (Å²) in [5.74, 6) is -1.11. The molecule has 0 radical (unpaired) electrons. The number of sulfone groups is 1. The molecule has 0 spiro atoms. The Morgan fingerprint density at radius 3 is 2.34 bits per heavy atom. The zero-order valence-electron chi connectivity index (χ0n) is 18.5. The fourth-order valence-electron chi connectivity index (χ4n) is 3.08. The van der Waals surface area contributed by atoms with Crippen molar-refractivity contribution in [3.05, 3.63) is 94.5 Å². The van der Waals surface area contributed by atoms with Crippen LogP contribution < -0.4 is 34.9 Å². The number of carbonyl (C=O) groups is 1. The van der Waals surface area contributed by atoms with Gasteiger partial charge in [-0.3, -0.25) is 0 Å². The average molecular weight is 484 g/mol. The minimum absolute atomic E-state index is 0. The number of hydrogen-bond donors (Lipinski definition) is 3. The van der Waals surface area contributed by atoms with Crippen LogP contribution in [0.4, 0.5) is 0 Å². The molecule has 0 saturated heterocycles. The first-order valence-corrected chi connectivity index (χ1v) is 11.4. The predicted molar refractivity (Wildman–Crippen MR) is 119 cm³/mol. The molecule has 3 aromatic rings. The van der Waals surface area contributed by atoms with Gasteiger partial charge in [0.15, 0.2) is 0 Å². The molecule has 6 nitrogen and oxygen atoms in total. The first-order valence-electron chi connectivity index (χ1n) is 9.59. The molecule has 3 rings (SSSR count). The topological polar surface area (TPSA) is 104 Å². The van der Waals surface area contributed by atoms with E-state index in [1.165, 1.54) is 30.3 Å². The summed E-state index contributed by atoms with van der Waals surface area (Å²) in [6, 6.07) is 18.8. The number of benzene rings is 3. The monoisotopic (exact) mass is 483 g/mol. The molecule has 9 heteroatoms. The van der Waals surface area contributed by atoms with Crippen molar-refractivity contribution in [2.45, 2.75) is 22.3 Å². The fraction of sp³-hybridized carbons (Fsp3) is 0.174. The Morgan fingerprint density at radius 1 is 1.00 bits per heavy atom. The van der Waals surface area contributed by atoms with E-state index in [0.29, 0.717) is 24.5 Å². The number of nitrogens with one attached hydrogen (secondary N) is 1. The quantitative estimate of drug-likeness (QED) is 0.308. The number of carboxylic acid groups (broad SMARTS) is 1. The Balaban J connectivity index is 0.00000272. The number of aliphatic hydroxyl groups is 1. The van der Waals surface area contributed by atoms with Crippen LogP contribution in [-0.4, -0.2) is 37.7 Å². The molecule has 0 heterocycles. The van der Waals surface area contributed by atoms with Crippen molar-refractivity contribution in [2.75, 3.05) is 13.1 Å². The van der Waals surface area contributed by atoms with E-state index in [1.54, 1.807) is 36.4 Å². The maximum Gasteiger partial charge on any atom is 1.00 e. The summed E-state index contributed by atoms with van der Waals surface area (Å²) in [6.07, 6.45) is -0.122. The van der Waals surface area contributed by atoms with Gasteiger partial charge >= 0.3 is 35.5 Å². The zero-order valence-corrected chi connectivity index (χ0v) is 21.1. The number of carboxylic acids is 1. The van der Waals surface area contributed by atoms with Crippen LogP contribution in [0.1, 0.15) is 29.0 Å². The number of aliphatic hydroxyl groups excluding tert-OH is 1. The predicted octanol–water partition coefficient (Wildman–Crippen LogP) is 0.853. The Morgan fingerprint density at radius 2 is 1.69 bits per heavy atom. The average Bonchev–Trinajstić information content (AvgIpc) is 2.77. The van der Waals surface area contributed by atoms with Gasteiger partial charge in [0.25, 0.3) is 0 Å². The smallest absolute Gasteiger partial charge is 1.00 e. The molecule has 0 amide bonds. The molecule has 0 fully saturated rings. The van der Waals surface area contributed by atoms with Gasteiger partial charge in [0.05, 0.1) is 21.5 Å². The zero-order chi connectivity index (χ0) is 22.4. The SMILES string of the molecule is O=C(O)c1ccc(S(=O)(=O)c2cccc(CCNC[C@@H](O)c3cccc(Cl)c3)c2)cc1.[H-].[Na+]. The molecule has 3 aromatic carbocycles. The van der Waals surface area contributed by atoms with Crippen LogP contribution in [-0.2, 0) is 16.3 Å². The van der Waals surface area contributed by atoms with E-state index in [0.717, 1.165) is 11.1 Å². The van der Waals surface area contributed by atoms with Gasteiger partial charge in [-0.05, 0) is 72.6 Å². The van der Waals surface area contributed by atoms with E-state index in [2.05, 4.69) is 5.32 Å². The third kappa shape index (κ3) is 6.89. The maximum absolute atomic E-state index is 12.9. The van der Waals surface area contributed by atoms with Crippen molar-refractivity contribution in [3.8, 4) is 0 Å². The number of hydrogen-bond acceptors (Lipinski definition) is 5. The number of rotatable bonds is 9. The van der Waals surface area contributed by atoms with E-state index in [4.69, 9.17) is 16.7 Å². The molecular weight excluding hydrogens is 461 g/mol. The fourth-order valence-corrected chi connectivity index (χ4v) is 4.61. The van der Waals surface area contributed by atoms with Gasteiger partial charge in [0, 0.05) is 11.6 Å². The van der Waals surface area contributed by atoms with Crippen molar-refractivity contribution in [1.82, 2.24) is 5.32 Å². The summed E-state index contributed by atoms with van der Waals surface area (Å²) in [7, 11) is -3.75. The summed E-state index contributed by atoms with van der Waals surface area (Å²) in [5, 5.41) is 22.9. The molecule has 0 saturated carbocycles. The standard InChI is InChI=1S/C23H22ClNO5S.Na.H/c24-19-5-2-4-18(14-19)22(26)15-25-12-11-16-3-1-6-21(13-16)31(29,30)20-9-7-17(8-10-20)23(27)28;;/h1-10,13-14,22,25-26H,11-12,15H2,(H,27,28);;/q;+1;-1/t22-;;/m1../s1. The maximum atomic E-state index is 12.9. The molecule has 0 aromatic heterocycles. The van der Waals surface area contributed by atoms with E-state index in [1.807, 2.05) is 6.07 Å². The first kappa shape index (κ1) is 26.5. The normalized spacial score (nSPS) is 12.1. The molecule has 0 aliphatic carbocycles. The second-order valence-electron chi connectivity index (χ2n) is 7.01. The molecule has 1 atom stereocenters. The Hall–Kier alpha value is -1.71. The van der Waals surface area contributed by atoms with E-state index < -0.39 is 21.9 Å². The van der Waals surface area contributed by atoms with Gasteiger partial charge in [0.1, 0.15) is 0 Å². The molecule has 0 bridgehead atoms. The minimum atomic E-state index is -3.75. The number of halogens is 1. The largest absolute Gasteiger partial charge is 1.00 e. The van der Waals surface area contributed by atoms with Crippen LogP contribution in [0.3, 0.4) is 0 Å². The third-order valence-electron chi connectivity index (χ3n) is 4.78. The van der Waals surface area contributed by atoms with Gasteiger partial charge in [0.2, 0.25) is 9.84 Å².